The highest BCUT2D eigenvalue weighted by Crippen LogP contribution is 2.34. The van der Waals surface area contributed by atoms with Gasteiger partial charge >= 0.3 is 0 Å². The first kappa shape index (κ1) is 8.52. The first-order valence-electron chi connectivity index (χ1n) is 5.14. The molecule has 0 aromatic carbocycles. The molecule has 0 unspecified atom stereocenters. The van der Waals surface area contributed by atoms with Gasteiger partial charge in [0.15, 0.2) is 0 Å². The van der Waals surface area contributed by atoms with Crippen LogP contribution in [0, 0.1) is 11.8 Å². The average molecular weight is 169 g/mol. The molecule has 0 bridgehead atoms. The summed E-state index contributed by atoms with van der Waals surface area (Å²) in [6.45, 7) is 5.60. The second kappa shape index (κ2) is 3.35. The maximum Gasteiger partial charge on any atom is 0.0679 e. The van der Waals surface area contributed by atoms with Gasteiger partial charge in [0.25, 0.3) is 0 Å². The van der Waals surface area contributed by atoms with Gasteiger partial charge < -0.3 is 10.0 Å². The van der Waals surface area contributed by atoms with Crippen molar-refractivity contribution in [1.82, 2.24) is 4.90 Å². The van der Waals surface area contributed by atoms with Gasteiger partial charge in [-0.25, -0.2) is 0 Å². The lowest BCUT2D eigenvalue weighted by atomic mass is 9.76. The molecule has 0 spiro atoms. The third-order valence-electron chi connectivity index (χ3n) is 3.24. The predicted molar refractivity (Wildman–Crippen MR) is 49.0 cm³/mol. The molecule has 2 nitrogen and oxygen atoms in total. The summed E-state index contributed by atoms with van der Waals surface area (Å²) in [4.78, 5) is 2.42. The zero-order chi connectivity index (χ0) is 8.55. The Morgan fingerprint density at radius 3 is 2.67 bits per heavy atom. The Morgan fingerprint density at radius 2 is 2.17 bits per heavy atom. The summed E-state index contributed by atoms with van der Waals surface area (Å²) in [6.07, 6.45) is 3.77. The van der Waals surface area contributed by atoms with Crippen molar-refractivity contribution in [3.05, 3.63) is 0 Å². The molecule has 1 saturated carbocycles. The van der Waals surface area contributed by atoms with E-state index < -0.39 is 0 Å². The fourth-order valence-corrected chi connectivity index (χ4v) is 2.56. The molecule has 2 heteroatoms. The van der Waals surface area contributed by atoms with Crippen molar-refractivity contribution in [3.8, 4) is 0 Å². The van der Waals surface area contributed by atoms with Crippen molar-refractivity contribution >= 4 is 0 Å². The third kappa shape index (κ3) is 1.80. The molecule has 0 amide bonds. The maximum atomic E-state index is 9.31. The van der Waals surface area contributed by atoms with Crippen LogP contribution in [-0.2, 0) is 0 Å². The lowest BCUT2D eigenvalue weighted by Gasteiger charge is -2.35. The summed E-state index contributed by atoms with van der Waals surface area (Å²) in [5.74, 6) is 1.90. The van der Waals surface area contributed by atoms with Gasteiger partial charge in [0, 0.05) is 19.6 Å². The summed E-state index contributed by atoms with van der Waals surface area (Å²) in [6, 6.07) is 0. The second-order valence-electron chi connectivity index (χ2n) is 4.64. The molecule has 0 aromatic rings. The lowest BCUT2D eigenvalue weighted by molar-refractivity contribution is 0.130. The van der Waals surface area contributed by atoms with Crippen LogP contribution >= 0.6 is 0 Å². The number of likely N-dealkylation sites (tertiary alicyclic amines) is 1. The standard InChI is InChI=1S/C10H19NO/c1-8-4-9(5-8)6-11-3-2-10(12)7-11/h8-10,12H,2-7H2,1H3/t8?,9?,10-/m1/s1. The largest absolute Gasteiger partial charge is 0.392 e. The molecule has 12 heavy (non-hydrogen) atoms. The fourth-order valence-electron chi connectivity index (χ4n) is 2.56. The zero-order valence-electron chi connectivity index (χ0n) is 7.87. The van der Waals surface area contributed by atoms with Gasteiger partial charge in [-0.1, -0.05) is 6.92 Å². The van der Waals surface area contributed by atoms with E-state index >= 15 is 0 Å². The molecule has 0 radical (unpaired) electrons. The van der Waals surface area contributed by atoms with Gasteiger partial charge in [-0.2, -0.15) is 0 Å². The number of hydrogen-bond donors (Lipinski definition) is 1. The number of β-amino-alcohol motifs (C(OH)–C–C–N with tert-alkyl or cyclic N) is 1. The molecule has 1 N–H and O–H groups in total. The minimum atomic E-state index is -0.0394. The summed E-state index contributed by atoms with van der Waals surface area (Å²) >= 11 is 0. The molecule has 1 heterocycles. The maximum absolute atomic E-state index is 9.31. The smallest absolute Gasteiger partial charge is 0.0679 e. The molecular formula is C10H19NO. The lowest BCUT2D eigenvalue weighted by Crippen LogP contribution is -2.34. The van der Waals surface area contributed by atoms with Crippen molar-refractivity contribution < 1.29 is 5.11 Å². The van der Waals surface area contributed by atoms with E-state index in [0.717, 1.165) is 31.3 Å². The van der Waals surface area contributed by atoms with Crippen LogP contribution in [0.5, 0.6) is 0 Å². The minimum Gasteiger partial charge on any atom is -0.392 e. The summed E-state index contributed by atoms with van der Waals surface area (Å²) in [5.41, 5.74) is 0. The van der Waals surface area contributed by atoms with E-state index in [1.165, 1.54) is 19.4 Å². The quantitative estimate of drug-likeness (QED) is 0.669. The average Bonchev–Trinajstić information content (AvgIpc) is 2.33. The highest BCUT2D eigenvalue weighted by atomic mass is 16.3. The molecule has 0 aromatic heterocycles. The van der Waals surface area contributed by atoms with Crippen LogP contribution in [0.1, 0.15) is 26.2 Å². The van der Waals surface area contributed by atoms with E-state index in [4.69, 9.17) is 0 Å². The molecule has 1 saturated heterocycles. The van der Waals surface area contributed by atoms with Crippen molar-refractivity contribution in [2.75, 3.05) is 19.6 Å². The van der Waals surface area contributed by atoms with E-state index in [-0.39, 0.29) is 6.10 Å². The first-order valence-corrected chi connectivity index (χ1v) is 5.14. The Morgan fingerprint density at radius 1 is 1.42 bits per heavy atom. The molecule has 2 fully saturated rings. The Labute approximate surface area is 74.6 Å². The summed E-state index contributed by atoms with van der Waals surface area (Å²) in [7, 11) is 0. The zero-order valence-corrected chi connectivity index (χ0v) is 7.87. The second-order valence-corrected chi connectivity index (χ2v) is 4.64. The van der Waals surface area contributed by atoms with Crippen LogP contribution in [0.3, 0.4) is 0 Å². The van der Waals surface area contributed by atoms with E-state index in [1.54, 1.807) is 0 Å². The van der Waals surface area contributed by atoms with Gasteiger partial charge in [0.05, 0.1) is 6.10 Å². The Balaban J connectivity index is 1.67. The van der Waals surface area contributed by atoms with Crippen molar-refractivity contribution in [1.29, 1.82) is 0 Å². The van der Waals surface area contributed by atoms with Gasteiger partial charge in [-0.15, -0.1) is 0 Å². The van der Waals surface area contributed by atoms with E-state index in [9.17, 15) is 5.11 Å². The summed E-state index contributed by atoms with van der Waals surface area (Å²) in [5, 5.41) is 9.31. The van der Waals surface area contributed by atoms with Gasteiger partial charge in [-0.3, -0.25) is 0 Å². The van der Waals surface area contributed by atoms with Crippen LogP contribution in [0.25, 0.3) is 0 Å². The van der Waals surface area contributed by atoms with Gasteiger partial charge in [0.2, 0.25) is 0 Å². The Bertz CT molecular complexity index is 154. The van der Waals surface area contributed by atoms with Crippen molar-refractivity contribution in [2.45, 2.75) is 32.3 Å². The van der Waals surface area contributed by atoms with Crippen LogP contribution < -0.4 is 0 Å². The van der Waals surface area contributed by atoms with Gasteiger partial charge in [0.1, 0.15) is 0 Å². The molecule has 1 aliphatic heterocycles. The first-order chi connectivity index (χ1) is 5.74. The van der Waals surface area contributed by atoms with Crippen molar-refractivity contribution in [3.63, 3.8) is 0 Å². The normalized spacial score (nSPS) is 43.0. The van der Waals surface area contributed by atoms with E-state index in [1.807, 2.05) is 0 Å². The number of hydrogen-bond acceptors (Lipinski definition) is 2. The molecule has 2 aliphatic rings. The van der Waals surface area contributed by atoms with Crippen LogP contribution in [0.2, 0.25) is 0 Å². The number of aliphatic hydroxyl groups is 1. The molecule has 70 valence electrons. The van der Waals surface area contributed by atoms with Gasteiger partial charge in [-0.05, 0) is 31.1 Å². The minimum absolute atomic E-state index is 0.0394. The predicted octanol–water partition coefficient (Wildman–Crippen LogP) is 1.10. The highest BCUT2D eigenvalue weighted by Gasteiger charge is 2.29. The SMILES string of the molecule is CC1CC(CN2CC[C@@H](O)C2)C1. The number of nitrogens with zero attached hydrogens (tertiary/aromatic N) is 1. The Kier molecular flexibility index (Phi) is 2.37. The van der Waals surface area contributed by atoms with Crippen LogP contribution in [-0.4, -0.2) is 35.7 Å². The van der Waals surface area contributed by atoms with Crippen molar-refractivity contribution in [2.24, 2.45) is 11.8 Å². The Hall–Kier alpha value is -0.0800. The topological polar surface area (TPSA) is 23.5 Å². The molecule has 1 atom stereocenters. The number of aliphatic hydroxyl groups excluding tert-OH is 1. The highest BCUT2D eigenvalue weighted by molar-refractivity contribution is 4.82. The molecule has 2 rings (SSSR count). The number of rotatable bonds is 2. The van der Waals surface area contributed by atoms with Crippen LogP contribution in [0.15, 0.2) is 0 Å². The monoisotopic (exact) mass is 169 g/mol. The van der Waals surface area contributed by atoms with E-state index in [0.29, 0.717) is 0 Å². The molecular weight excluding hydrogens is 150 g/mol. The third-order valence-corrected chi connectivity index (χ3v) is 3.24. The summed E-state index contributed by atoms with van der Waals surface area (Å²) < 4.78 is 0. The van der Waals surface area contributed by atoms with Crippen LogP contribution in [0.4, 0.5) is 0 Å². The molecule has 1 aliphatic carbocycles. The fraction of sp³-hybridized carbons (Fsp3) is 1.00. The van der Waals surface area contributed by atoms with E-state index in [2.05, 4.69) is 11.8 Å².